The minimum absolute atomic E-state index is 0.00778. The van der Waals surface area contributed by atoms with Gasteiger partial charge in [-0.05, 0) is 6.40 Å². The first-order chi connectivity index (χ1) is 3.31. The minimum atomic E-state index is -0.245. The first-order valence-corrected chi connectivity index (χ1v) is 2.34. The van der Waals surface area contributed by atoms with Crippen molar-refractivity contribution in [1.82, 2.24) is 0 Å². The summed E-state index contributed by atoms with van der Waals surface area (Å²) in [4.78, 5) is 0. The Bertz CT molecular complexity index is 39.1. The summed E-state index contributed by atoms with van der Waals surface area (Å²) < 4.78 is 6.97. The largest absolute Gasteiger partial charge is 0.396 e. The summed E-state index contributed by atoms with van der Waals surface area (Å²) in [6.07, 6.45) is 1.57. The molecule has 0 saturated carbocycles. The summed E-state index contributed by atoms with van der Waals surface area (Å²) in [6, 6.07) is 0. The highest BCUT2D eigenvalue weighted by molar-refractivity contribution is 4.30. The zero-order chi connectivity index (χ0) is 5.70. The van der Waals surface area contributed by atoms with Gasteiger partial charge in [0.25, 0.3) is 0 Å². The summed E-state index contributed by atoms with van der Waals surface area (Å²) in [5.74, 6) is 0. The molecule has 0 aromatic heterocycles. The van der Waals surface area contributed by atoms with Crippen LogP contribution in [0.5, 0.6) is 0 Å². The van der Waals surface area contributed by atoms with Crippen LogP contribution in [0.1, 0.15) is 27.5 Å². The van der Waals surface area contributed by atoms with Gasteiger partial charge in [-0.3, -0.25) is 0 Å². The molecule has 1 heteroatoms. The molecule has 0 aromatic carbocycles. The van der Waals surface area contributed by atoms with Crippen molar-refractivity contribution >= 4 is 0 Å². The molecular formula is C5H12O. The first kappa shape index (κ1) is 4.13. The average Bonchev–Trinajstić information content (AvgIpc) is 1.68. The number of aliphatic hydroxyl groups is 1. The van der Waals surface area contributed by atoms with Crippen LogP contribution in [0.25, 0.3) is 0 Å². The maximum absolute atomic E-state index is 8.28. The summed E-state index contributed by atoms with van der Waals surface area (Å²) in [6.45, 7) is 2.02. The number of aliphatic hydroxyl groups excluding tert-OH is 1. The Morgan fingerprint density at radius 2 is 2.50 bits per heavy atom. The normalized spacial score (nSPS) is 16.7. The van der Waals surface area contributed by atoms with Crippen LogP contribution in [0.3, 0.4) is 0 Å². The van der Waals surface area contributed by atoms with E-state index in [4.69, 9.17) is 6.48 Å². The van der Waals surface area contributed by atoms with Gasteiger partial charge in [0.15, 0.2) is 0 Å². The Balaban J connectivity index is 2.83. The van der Waals surface area contributed by atoms with Crippen LogP contribution >= 0.6 is 0 Å². The third-order valence-electron chi connectivity index (χ3n) is 0.622. The Hall–Kier alpha value is -0.0400. The van der Waals surface area contributed by atoms with Gasteiger partial charge in [0.1, 0.15) is 0 Å². The molecule has 6 heavy (non-hydrogen) atoms. The van der Waals surface area contributed by atoms with Crippen LogP contribution < -0.4 is 0 Å². The van der Waals surface area contributed by atoms with E-state index in [1.165, 1.54) is 0 Å². The van der Waals surface area contributed by atoms with E-state index in [1.807, 2.05) is 6.92 Å². The maximum atomic E-state index is 8.28. The monoisotopic (exact) mass is 89.1 g/mol. The predicted molar refractivity (Wildman–Crippen MR) is 26.6 cm³/mol. The van der Waals surface area contributed by atoms with Crippen LogP contribution in [0.15, 0.2) is 0 Å². The van der Waals surface area contributed by atoms with E-state index in [2.05, 4.69) is 0 Å². The molecule has 0 saturated heterocycles. The van der Waals surface area contributed by atoms with Crippen molar-refractivity contribution in [2.75, 3.05) is 6.61 Å². The van der Waals surface area contributed by atoms with Crippen LogP contribution in [0.2, 0.25) is 0 Å². The molecule has 1 nitrogen and oxygen atoms in total. The fraction of sp³-hybridized carbons (Fsp3) is 1.00. The Morgan fingerprint density at radius 3 is 2.67 bits per heavy atom. The second-order valence-corrected chi connectivity index (χ2v) is 1.26. The molecule has 0 aliphatic carbocycles. The number of hydrogen-bond donors (Lipinski definition) is 1. The SMILES string of the molecule is [2H][C@@H](CO)CCC. The van der Waals surface area contributed by atoms with Gasteiger partial charge in [-0.1, -0.05) is 19.8 Å². The van der Waals surface area contributed by atoms with Gasteiger partial charge >= 0.3 is 0 Å². The van der Waals surface area contributed by atoms with E-state index in [-0.39, 0.29) is 13.0 Å². The Morgan fingerprint density at radius 1 is 1.83 bits per heavy atom. The lowest BCUT2D eigenvalue weighted by molar-refractivity contribution is 0.284. The molecule has 0 heterocycles. The van der Waals surface area contributed by atoms with Gasteiger partial charge < -0.3 is 5.11 Å². The molecule has 0 spiro atoms. The molecule has 0 amide bonds. The van der Waals surface area contributed by atoms with E-state index >= 15 is 0 Å². The molecule has 1 N–H and O–H groups in total. The molecule has 0 aliphatic heterocycles. The lowest BCUT2D eigenvalue weighted by Crippen LogP contribution is -1.78. The lowest BCUT2D eigenvalue weighted by Gasteiger charge is -1.85. The molecule has 0 aliphatic rings. The van der Waals surface area contributed by atoms with E-state index in [0.717, 1.165) is 12.8 Å². The zero-order valence-corrected chi connectivity index (χ0v) is 4.15. The van der Waals surface area contributed by atoms with E-state index in [0.29, 0.717) is 0 Å². The third kappa shape index (κ3) is 3.96. The predicted octanol–water partition coefficient (Wildman–Crippen LogP) is 1.17. The number of rotatable bonds is 3. The van der Waals surface area contributed by atoms with Gasteiger partial charge in [0.2, 0.25) is 0 Å². The van der Waals surface area contributed by atoms with Crippen LogP contribution in [0.4, 0.5) is 0 Å². The van der Waals surface area contributed by atoms with Gasteiger partial charge in [0.05, 0.1) is 0 Å². The van der Waals surface area contributed by atoms with E-state index in [1.54, 1.807) is 0 Å². The van der Waals surface area contributed by atoms with Crippen molar-refractivity contribution in [3.8, 4) is 0 Å². The van der Waals surface area contributed by atoms with Crippen molar-refractivity contribution in [1.29, 1.82) is 0 Å². The highest BCUT2D eigenvalue weighted by Gasteiger charge is 1.76. The standard InChI is InChI=1S/C5H12O/c1-2-3-4-5-6/h6H,2-5H2,1H3/i4D/t4-/m1/s1. The minimum Gasteiger partial charge on any atom is -0.396 e. The summed E-state index contributed by atoms with van der Waals surface area (Å²) in [5.41, 5.74) is 0. The molecule has 0 rings (SSSR count). The van der Waals surface area contributed by atoms with Gasteiger partial charge in [0, 0.05) is 7.98 Å². The van der Waals surface area contributed by atoms with Crippen molar-refractivity contribution in [3.63, 3.8) is 0 Å². The molecule has 0 unspecified atom stereocenters. The van der Waals surface area contributed by atoms with E-state index < -0.39 is 0 Å². The third-order valence-corrected chi connectivity index (χ3v) is 0.622. The molecule has 1 atom stereocenters. The molecule has 38 valence electrons. The quantitative estimate of drug-likeness (QED) is 0.550. The summed E-state index contributed by atoms with van der Waals surface area (Å²) in [7, 11) is 0. The van der Waals surface area contributed by atoms with Crippen LogP contribution in [-0.2, 0) is 0 Å². The summed E-state index contributed by atoms with van der Waals surface area (Å²) in [5, 5.41) is 8.28. The van der Waals surface area contributed by atoms with Crippen molar-refractivity contribution < 1.29 is 6.48 Å². The first-order valence-electron chi connectivity index (χ1n) is 2.92. The fourth-order valence-electron chi connectivity index (χ4n) is 0.295. The maximum Gasteiger partial charge on any atom is 0.0431 e. The Kier molecular flexibility index (Phi) is 3.41. The second kappa shape index (κ2) is 4.96. The van der Waals surface area contributed by atoms with E-state index in [9.17, 15) is 0 Å². The van der Waals surface area contributed by atoms with Crippen LogP contribution in [-0.4, -0.2) is 11.7 Å². The average molecular weight is 89.2 g/mol. The second-order valence-electron chi connectivity index (χ2n) is 1.26. The molecular weight excluding hydrogens is 76.1 g/mol. The van der Waals surface area contributed by atoms with Gasteiger partial charge in [-0.15, -0.1) is 0 Å². The fourth-order valence-corrected chi connectivity index (χ4v) is 0.295. The Labute approximate surface area is 40.4 Å². The van der Waals surface area contributed by atoms with Crippen LogP contribution in [0, 0.1) is 0 Å². The van der Waals surface area contributed by atoms with Gasteiger partial charge in [-0.2, -0.15) is 0 Å². The highest BCUT2D eigenvalue weighted by atomic mass is 16.2. The molecule has 0 radical (unpaired) electrons. The van der Waals surface area contributed by atoms with Crippen molar-refractivity contribution in [2.24, 2.45) is 0 Å². The van der Waals surface area contributed by atoms with Crippen molar-refractivity contribution in [3.05, 3.63) is 0 Å². The topological polar surface area (TPSA) is 20.2 Å². The highest BCUT2D eigenvalue weighted by Crippen LogP contribution is 1.89. The smallest absolute Gasteiger partial charge is 0.0431 e. The molecule has 0 aromatic rings. The molecule has 0 bridgehead atoms. The number of hydrogen-bond acceptors (Lipinski definition) is 1. The lowest BCUT2D eigenvalue weighted by atomic mass is 10.3. The molecule has 0 fully saturated rings. The van der Waals surface area contributed by atoms with Gasteiger partial charge in [-0.25, -0.2) is 0 Å². The summed E-state index contributed by atoms with van der Waals surface area (Å²) >= 11 is 0. The van der Waals surface area contributed by atoms with Crippen molar-refractivity contribution in [2.45, 2.75) is 26.2 Å². The zero-order valence-electron chi connectivity index (χ0n) is 5.15.